The van der Waals surface area contributed by atoms with E-state index in [1.54, 1.807) is 0 Å². The number of hydrogen-bond donors (Lipinski definition) is 0. The van der Waals surface area contributed by atoms with Gasteiger partial charge in [-0.2, -0.15) is 0 Å². The van der Waals surface area contributed by atoms with Gasteiger partial charge in [0.05, 0.1) is 0 Å². The van der Waals surface area contributed by atoms with Gasteiger partial charge in [0.1, 0.15) is 0 Å². The molecule has 0 saturated carbocycles. The molecule has 0 bridgehead atoms. The first kappa shape index (κ1) is 11.7. The van der Waals surface area contributed by atoms with E-state index in [2.05, 4.69) is 73.6 Å². The number of aryl methyl sites for hydroxylation is 2. The van der Waals surface area contributed by atoms with Gasteiger partial charge in [0.15, 0.2) is 0 Å². The molecular formula is C16H19N. The number of anilines is 1. The van der Waals surface area contributed by atoms with Gasteiger partial charge in [-0.1, -0.05) is 42.5 Å². The molecular weight excluding hydrogens is 206 g/mol. The highest BCUT2D eigenvalue weighted by atomic mass is 15.1. The van der Waals surface area contributed by atoms with E-state index in [1.807, 2.05) is 0 Å². The van der Waals surface area contributed by atoms with E-state index in [-0.39, 0.29) is 0 Å². The van der Waals surface area contributed by atoms with Crippen molar-refractivity contribution in [2.75, 3.05) is 19.0 Å². The van der Waals surface area contributed by atoms with Crippen LogP contribution in [-0.2, 0) is 12.8 Å². The van der Waals surface area contributed by atoms with Crippen molar-refractivity contribution in [2.24, 2.45) is 0 Å². The Hall–Kier alpha value is -1.76. The second kappa shape index (κ2) is 5.53. The Morgan fingerprint density at radius 2 is 1.24 bits per heavy atom. The average molecular weight is 225 g/mol. The molecule has 2 aromatic carbocycles. The fourth-order valence-corrected chi connectivity index (χ4v) is 1.89. The van der Waals surface area contributed by atoms with Gasteiger partial charge in [-0.15, -0.1) is 0 Å². The summed E-state index contributed by atoms with van der Waals surface area (Å²) in [5, 5.41) is 0. The molecule has 0 aliphatic carbocycles. The molecule has 2 rings (SSSR count). The highest BCUT2D eigenvalue weighted by Crippen LogP contribution is 2.14. The maximum atomic E-state index is 2.22. The van der Waals surface area contributed by atoms with Gasteiger partial charge in [0.2, 0.25) is 0 Å². The first-order valence-corrected chi connectivity index (χ1v) is 6.06. The summed E-state index contributed by atoms with van der Waals surface area (Å²) in [5.74, 6) is 0. The second-order valence-corrected chi connectivity index (χ2v) is 4.55. The van der Waals surface area contributed by atoms with Crippen LogP contribution in [0.15, 0.2) is 54.6 Å². The predicted octanol–water partition coefficient (Wildman–Crippen LogP) is 3.54. The average Bonchev–Trinajstić information content (AvgIpc) is 2.38. The van der Waals surface area contributed by atoms with E-state index in [4.69, 9.17) is 0 Å². The van der Waals surface area contributed by atoms with Crippen LogP contribution in [0.2, 0.25) is 0 Å². The van der Waals surface area contributed by atoms with Gasteiger partial charge in [-0.25, -0.2) is 0 Å². The van der Waals surface area contributed by atoms with Gasteiger partial charge < -0.3 is 4.90 Å². The van der Waals surface area contributed by atoms with Crippen molar-refractivity contribution in [3.63, 3.8) is 0 Å². The van der Waals surface area contributed by atoms with Crippen LogP contribution >= 0.6 is 0 Å². The van der Waals surface area contributed by atoms with Crippen LogP contribution in [-0.4, -0.2) is 14.1 Å². The molecule has 0 radical (unpaired) electrons. The lowest BCUT2D eigenvalue weighted by atomic mass is 10.0. The molecule has 0 heterocycles. The van der Waals surface area contributed by atoms with Crippen LogP contribution in [0.1, 0.15) is 11.1 Å². The van der Waals surface area contributed by atoms with E-state index in [9.17, 15) is 0 Å². The van der Waals surface area contributed by atoms with Crippen LogP contribution in [0, 0.1) is 0 Å². The summed E-state index contributed by atoms with van der Waals surface area (Å²) in [4.78, 5) is 2.13. The molecule has 1 heteroatoms. The van der Waals surface area contributed by atoms with Crippen molar-refractivity contribution >= 4 is 5.69 Å². The van der Waals surface area contributed by atoms with E-state index in [0.717, 1.165) is 12.8 Å². The van der Waals surface area contributed by atoms with Crippen molar-refractivity contribution in [2.45, 2.75) is 12.8 Å². The van der Waals surface area contributed by atoms with Gasteiger partial charge in [0, 0.05) is 19.8 Å². The largest absolute Gasteiger partial charge is 0.378 e. The lowest BCUT2D eigenvalue weighted by molar-refractivity contribution is 0.959. The van der Waals surface area contributed by atoms with Gasteiger partial charge in [0.25, 0.3) is 0 Å². The molecule has 0 saturated heterocycles. The minimum atomic E-state index is 1.11. The van der Waals surface area contributed by atoms with E-state index >= 15 is 0 Å². The minimum Gasteiger partial charge on any atom is -0.378 e. The highest BCUT2D eigenvalue weighted by molar-refractivity contribution is 5.46. The molecule has 0 spiro atoms. The van der Waals surface area contributed by atoms with Crippen LogP contribution < -0.4 is 4.90 Å². The smallest absolute Gasteiger partial charge is 0.0361 e. The first-order valence-electron chi connectivity index (χ1n) is 6.06. The third-order valence-corrected chi connectivity index (χ3v) is 3.00. The Morgan fingerprint density at radius 1 is 0.706 bits per heavy atom. The van der Waals surface area contributed by atoms with Crippen molar-refractivity contribution in [1.29, 1.82) is 0 Å². The molecule has 0 fully saturated rings. The summed E-state index contributed by atoms with van der Waals surface area (Å²) >= 11 is 0. The van der Waals surface area contributed by atoms with Crippen LogP contribution in [0.5, 0.6) is 0 Å². The lowest BCUT2D eigenvalue weighted by Gasteiger charge is -2.12. The summed E-state index contributed by atoms with van der Waals surface area (Å²) in [6.07, 6.45) is 2.22. The molecule has 0 amide bonds. The summed E-state index contributed by atoms with van der Waals surface area (Å²) in [6, 6.07) is 19.4. The molecule has 88 valence electrons. The maximum absolute atomic E-state index is 2.22. The van der Waals surface area contributed by atoms with Crippen LogP contribution in [0.4, 0.5) is 5.69 Å². The number of rotatable bonds is 4. The molecule has 0 atom stereocenters. The van der Waals surface area contributed by atoms with Crippen molar-refractivity contribution in [3.8, 4) is 0 Å². The van der Waals surface area contributed by atoms with E-state index in [1.165, 1.54) is 16.8 Å². The molecule has 0 aliphatic rings. The molecule has 0 unspecified atom stereocenters. The minimum absolute atomic E-state index is 1.11. The number of hydrogen-bond acceptors (Lipinski definition) is 1. The monoisotopic (exact) mass is 225 g/mol. The first-order chi connectivity index (χ1) is 8.25. The zero-order valence-electron chi connectivity index (χ0n) is 10.6. The van der Waals surface area contributed by atoms with E-state index in [0.29, 0.717) is 0 Å². The standard InChI is InChI=1S/C16H19N/c1-17(2)16-12-10-15(11-13-16)9-8-14-6-4-3-5-7-14/h3-7,10-13H,8-9H2,1-2H3. The molecule has 17 heavy (non-hydrogen) atoms. The fraction of sp³-hybridized carbons (Fsp3) is 0.250. The van der Waals surface area contributed by atoms with Gasteiger partial charge in [-0.3, -0.25) is 0 Å². The van der Waals surface area contributed by atoms with Crippen LogP contribution in [0.3, 0.4) is 0 Å². The maximum Gasteiger partial charge on any atom is 0.0361 e. The molecule has 1 nitrogen and oxygen atoms in total. The molecule has 0 N–H and O–H groups in total. The Bertz CT molecular complexity index is 443. The van der Waals surface area contributed by atoms with Gasteiger partial charge in [-0.05, 0) is 36.1 Å². The third kappa shape index (κ3) is 3.35. The van der Waals surface area contributed by atoms with E-state index < -0.39 is 0 Å². The summed E-state index contributed by atoms with van der Waals surface area (Å²) in [6.45, 7) is 0. The quantitative estimate of drug-likeness (QED) is 0.769. The zero-order valence-corrected chi connectivity index (χ0v) is 10.6. The Kier molecular flexibility index (Phi) is 3.81. The predicted molar refractivity (Wildman–Crippen MR) is 74.6 cm³/mol. The Morgan fingerprint density at radius 3 is 1.76 bits per heavy atom. The zero-order chi connectivity index (χ0) is 12.1. The fourth-order valence-electron chi connectivity index (χ4n) is 1.89. The van der Waals surface area contributed by atoms with Crippen molar-refractivity contribution in [1.82, 2.24) is 0 Å². The number of benzene rings is 2. The highest BCUT2D eigenvalue weighted by Gasteiger charge is 1.97. The molecule has 2 aromatic rings. The van der Waals surface area contributed by atoms with Crippen molar-refractivity contribution in [3.05, 3.63) is 65.7 Å². The molecule has 0 aliphatic heterocycles. The Balaban J connectivity index is 1.96. The topological polar surface area (TPSA) is 3.24 Å². The van der Waals surface area contributed by atoms with Gasteiger partial charge >= 0.3 is 0 Å². The third-order valence-electron chi connectivity index (χ3n) is 3.00. The van der Waals surface area contributed by atoms with Crippen LogP contribution in [0.25, 0.3) is 0 Å². The summed E-state index contributed by atoms with van der Waals surface area (Å²) < 4.78 is 0. The van der Waals surface area contributed by atoms with Crippen molar-refractivity contribution < 1.29 is 0 Å². The number of nitrogens with zero attached hydrogens (tertiary/aromatic N) is 1. The summed E-state index contributed by atoms with van der Waals surface area (Å²) in [7, 11) is 4.14. The lowest BCUT2D eigenvalue weighted by Crippen LogP contribution is -2.08. The normalized spacial score (nSPS) is 10.2. The Labute approximate surface area is 104 Å². The SMILES string of the molecule is CN(C)c1ccc(CCc2ccccc2)cc1. The second-order valence-electron chi connectivity index (χ2n) is 4.55. The summed E-state index contributed by atoms with van der Waals surface area (Å²) in [5.41, 5.74) is 4.07. The molecule has 0 aromatic heterocycles.